The Hall–Kier alpha value is -1.36. The summed E-state index contributed by atoms with van der Waals surface area (Å²) in [5.74, 6) is 0.623. The van der Waals surface area contributed by atoms with Crippen molar-refractivity contribution in [2.45, 2.75) is 38.6 Å². The maximum Gasteiger partial charge on any atom is 0.131 e. The van der Waals surface area contributed by atoms with Gasteiger partial charge >= 0.3 is 0 Å². The topological polar surface area (TPSA) is 24.9 Å². The second-order valence-corrected chi connectivity index (χ2v) is 8.45. The Bertz CT molecular complexity index is 881. The predicted molar refractivity (Wildman–Crippen MR) is 107 cm³/mol. The summed E-state index contributed by atoms with van der Waals surface area (Å²) < 4.78 is 1.23. The molecule has 1 N–H and O–H groups in total. The van der Waals surface area contributed by atoms with Crippen molar-refractivity contribution in [1.29, 1.82) is 0 Å². The van der Waals surface area contributed by atoms with Crippen molar-refractivity contribution >= 4 is 50.2 Å². The molecule has 124 valence electrons. The van der Waals surface area contributed by atoms with E-state index in [4.69, 9.17) is 11.6 Å². The van der Waals surface area contributed by atoms with Crippen molar-refractivity contribution < 1.29 is 0 Å². The molecule has 1 unspecified atom stereocenters. The molecule has 3 aromatic heterocycles. The van der Waals surface area contributed by atoms with E-state index in [1.165, 1.54) is 33.5 Å². The van der Waals surface area contributed by atoms with Gasteiger partial charge in [0.1, 0.15) is 5.15 Å². The zero-order chi connectivity index (χ0) is 16.5. The first-order chi connectivity index (χ1) is 11.7. The minimum Gasteiger partial charge on any atom is -0.380 e. The summed E-state index contributed by atoms with van der Waals surface area (Å²) in [7, 11) is 0. The van der Waals surface area contributed by atoms with Crippen LogP contribution >= 0.6 is 34.3 Å². The number of nitrogens with one attached hydrogen (secondary N) is 1. The van der Waals surface area contributed by atoms with Gasteiger partial charge in [-0.2, -0.15) is 11.3 Å². The molecule has 4 rings (SSSR count). The number of hydrogen-bond acceptors (Lipinski definition) is 4. The van der Waals surface area contributed by atoms with Gasteiger partial charge < -0.3 is 5.32 Å². The quantitative estimate of drug-likeness (QED) is 0.403. The van der Waals surface area contributed by atoms with Gasteiger partial charge in [-0.25, -0.2) is 4.98 Å². The summed E-state index contributed by atoms with van der Waals surface area (Å²) in [6, 6.07) is 4.11. The fourth-order valence-electron chi connectivity index (χ4n) is 3.31. The van der Waals surface area contributed by atoms with Crippen LogP contribution in [0.3, 0.4) is 0 Å². The number of aryl methyl sites for hydroxylation is 1. The highest BCUT2D eigenvalue weighted by molar-refractivity contribution is 7.20. The molecule has 0 aliphatic heterocycles. The van der Waals surface area contributed by atoms with Gasteiger partial charge in [-0.3, -0.25) is 0 Å². The lowest BCUT2D eigenvalue weighted by atomic mass is 9.91. The lowest BCUT2D eigenvalue weighted by Gasteiger charge is -2.16. The molecule has 5 heteroatoms. The Morgan fingerprint density at radius 2 is 2.29 bits per heavy atom. The van der Waals surface area contributed by atoms with Crippen LogP contribution in [-0.2, 0) is 6.54 Å². The number of thiophene rings is 2. The molecule has 3 aromatic rings. The molecule has 0 spiro atoms. The zero-order valence-electron chi connectivity index (χ0n) is 13.5. The predicted octanol–water partition coefficient (Wildman–Crippen LogP) is 6.76. The van der Waals surface area contributed by atoms with Crippen molar-refractivity contribution in [1.82, 2.24) is 4.98 Å². The van der Waals surface area contributed by atoms with Gasteiger partial charge in [0.25, 0.3) is 0 Å². The number of halogens is 1. The molecule has 0 saturated carbocycles. The summed E-state index contributed by atoms with van der Waals surface area (Å²) in [6.07, 6.45) is 8.15. The van der Waals surface area contributed by atoms with Crippen molar-refractivity contribution in [3.8, 4) is 0 Å². The average molecular weight is 375 g/mol. The molecule has 0 amide bonds. The maximum absolute atomic E-state index is 6.30. The van der Waals surface area contributed by atoms with Gasteiger partial charge in [-0.1, -0.05) is 23.8 Å². The first kappa shape index (κ1) is 16.1. The number of rotatable bonds is 4. The monoisotopic (exact) mass is 374 g/mol. The SMILES string of the molecule is Cc1c(C2CC=CCC2)sc2c(NCc3ccsc3)cc(Cl)nc12. The second-order valence-electron chi connectivity index (χ2n) is 6.23. The van der Waals surface area contributed by atoms with E-state index in [-0.39, 0.29) is 0 Å². The van der Waals surface area contributed by atoms with Gasteiger partial charge in [-0.15, -0.1) is 11.3 Å². The number of pyridine rings is 1. The van der Waals surface area contributed by atoms with E-state index in [9.17, 15) is 0 Å². The molecule has 24 heavy (non-hydrogen) atoms. The number of fused-ring (bicyclic) bond motifs is 1. The Morgan fingerprint density at radius 3 is 3.04 bits per heavy atom. The molecule has 2 nitrogen and oxygen atoms in total. The molecule has 1 aliphatic carbocycles. The van der Waals surface area contributed by atoms with Gasteiger partial charge in [0.2, 0.25) is 0 Å². The van der Waals surface area contributed by atoms with Gasteiger partial charge in [0, 0.05) is 17.5 Å². The highest BCUT2D eigenvalue weighted by Gasteiger charge is 2.21. The molecule has 0 bridgehead atoms. The summed E-state index contributed by atoms with van der Waals surface area (Å²) in [4.78, 5) is 6.09. The van der Waals surface area contributed by atoms with Crippen LogP contribution < -0.4 is 5.32 Å². The van der Waals surface area contributed by atoms with Crippen molar-refractivity contribution in [3.05, 3.63) is 56.2 Å². The Kier molecular flexibility index (Phi) is 4.61. The summed E-state index contributed by atoms with van der Waals surface area (Å²) >= 11 is 9.91. The molecule has 0 saturated heterocycles. The van der Waals surface area contributed by atoms with Gasteiger partial charge in [0.05, 0.1) is 15.9 Å². The minimum absolute atomic E-state index is 0.561. The second kappa shape index (κ2) is 6.87. The molecule has 3 heterocycles. The largest absolute Gasteiger partial charge is 0.380 e. The number of aromatic nitrogens is 1. The molecule has 1 aliphatic rings. The number of nitrogens with zero attached hydrogens (tertiary/aromatic N) is 1. The summed E-state index contributed by atoms with van der Waals surface area (Å²) in [5.41, 5.74) is 4.76. The standard InChI is InChI=1S/C19H19ClN2S2/c1-12-17-19(24-18(12)14-5-3-2-4-6-14)15(9-16(20)22-17)21-10-13-7-8-23-11-13/h2-3,7-9,11,14H,4-6,10H2,1H3,(H,21,22). The van der Waals surface area contributed by atoms with Crippen LogP contribution in [0, 0.1) is 6.92 Å². The van der Waals surface area contributed by atoms with Crippen LogP contribution in [0.1, 0.15) is 41.2 Å². The molecular weight excluding hydrogens is 356 g/mol. The molecule has 0 aromatic carbocycles. The fourth-order valence-corrected chi connectivity index (χ4v) is 5.55. The van der Waals surface area contributed by atoms with Crippen LogP contribution in [0.5, 0.6) is 0 Å². The fraction of sp³-hybridized carbons (Fsp3) is 0.316. The Morgan fingerprint density at radius 1 is 1.38 bits per heavy atom. The molecule has 1 atom stereocenters. The van der Waals surface area contributed by atoms with Crippen molar-refractivity contribution in [2.75, 3.05) is 5.32 Å². The van der Waals surface area contributed by atoms with Crippen molar-refractivity contribution in [2.24, 2.45) is 0 Å². The van der Waals surface area contributed by atoms with Crippen LogP contribution in [0.25, 0.3) is 10.2 Å². The first-order valence-electron chi connectivity index (χ1n) is 8.22. The zero-order valence-corrected chi connectivity index (χ0v) is 15.9. The molecule has 0 fully saturated rings. The van der Waals surface area contributed by atoms with E-state index < -0.39 is 0 Å². The molecular formula is C19H19ClN2S2. The highest BCUT2D eigenvalue weighted by atomic mass is 35.5. The van der Waals surface area contributed by atoms with E-state index >= 15 is 0 Å². The van der Waals surface area contributed by atoms with E-state index in [2.05, 4.69) is 46.2 Å². The lowest BCUT2D eigenvalue weighted by Crippen LogP contribution is -2.00. The van der Waals surface area contributed by atoms with Crippen LogP contribution in [0.15, 0.2) is 35.0 Å². The number of allylic oxidation sites excluding steroid dienone is 2. The Labute approximate surface area is 155 Å². The third-order valence-corrected chi connectivity index (χ3v) is 6.98. The van der Waals surface area contributed by atoms with E-state index in [1.807, 2.05) is 17.4 Å². The number of anilines is 1. The third-order valence-electron chi connectivity index (χ3n) is 4.58. The van der Waals surface area contributed by atoms with Crippen LogP contribution in [-0.4, -0.2) is 4.98 Å². The lowest BCUT2D eigenvalue weighted by molar-refractivity contribution is 0.624. The smallest absolute Gasteiger partial charge is 0.131 e. The van der Waals surface area contributed by atoms with Crippen LogP contribution in [0.4, 0.5) is 5.69 Å². The average Bonchev–Trinajstić information content (AvgIpc) is 3.22. The maximum atomic E-state index is 6.30. The summed E-state index contributed by atoms with van der Waals surface area (Å²) in [6.45, 7) is 3.01. The number of hydrogen-bond donors (Lipinski definition) is 1. The van der Waals surface area contributed by atoms with E-state index in [0.29, 0.717) is 11.1 Å². The third kappa shape index (κ3) is 3.10. The highest BCUT2D eigenvalue weighted by Crippen LogP contribution is 2.43. The first-order valence-corrected chi connectivity index (χ1v) is 10.4. The van der Waals surface area contributed by atoms with Crippen LogP contribution in [0.2, 0.25) is 5.15 Å². The Balaban J connectivity index is 1.72. The van der Waals surface area contributed by atoms with Gasteiger partial charge in [-0.05, 0) is 60.1 Å². The summed E-state index contributed by atoms with van der Waals surface area (Å²) in [5, 5.41) is 8.39. The van der Waals surface area contributed by atoms with E-state index in [1.54, 1.807) is 11.3 Å². The van der Waals surface area contributed by atoms with Crippen molar-refractivity contribution in [3.63, 3.8) is 0 Å². The molecule has 0 radical (unpaired) electrons. The van der Waals surface area contributed by atoms with Gasteiger partial charge in [0.15, 0.2) is 0 Å². The minimum atomic E-state index is 0.561. The van der Waals surface area contributed by atoms with E-state index in [0.717, 1.165) is 24.2 Å². The normalized spacial score (nSPS) is 17.5.